The quantitative estimate of drug-likeness (QED) is 0.500. The molecule has 0 saturated heterocycles. The lowest BCUT2D eigenvalue weighted by Gasteiger charge is -2.10. The van der Waals surface area contributed by atoms with Gasteiger partial charge in [-0.1, -0.05) is 6.07 Å². The van der Waals surface area contributed by atoms with Gasteiger partial charge in [0.25, 0.3) is 5.91 Å². The summed E-state index contributed by atoms with van der Waals surface area (Å²) in [5.74, 6) is 0.955. The molecule has 0 saturated carbocycles. The van der Waals surface area contributed by atoms with Gasteiger partial charge in [-0.15, -0.1) is 22.7 Å². The van der Waals surface area contributed by atoms with E-state index in [1.807, 2.05) is 43.3 Å². The third-order valence-electron chi connectivity index (χ3n) is 4.12. The van der Waals surface area contributed by atoms with Gasteiger partial charge in [-0.3, -0.25) is 4.79 Å². The Bertz CT molecular complexity index is 1170. The second kappa shape index (κ2) is 7.57. The Balaban J connectivity index is 1.59. The summed E-state index contributed by atoms with van der Waals surface area (Å²) < 4.78 is 11.8. The van der Waals surface area contributed by atoms with E-state index in [-0.39, 0.29) is 5.91 Å². The van der Waals surface area contributed by atoms with Crippen molar-refractivity contribution in [2.75, 3.05) is 19.5 Å². The molecule has 0 aliphatic carbocycles. The predicted molar refractivity (Wildman–Crippen MR) is 113 cm³/mol. The first-order valence-corrected chi connectivity index (χ1v) is 10.1. The summed E-state index contributed by atoms with van der Waals surface area (Å²) in [6, 6.07) is 11.3. The molecule has 0 unspecified atom stereocenters. The molecule has 1 N–H and O–H groups in total. The third kappa shape index (κ3) is 3.44. The molecule has 8 heteroatoms. The number of hydrogen-bond donors (Lipinski definition) is 1. The summed E-state index contributed by atoms with van der Waals surface area (Å²) in [4.78, 5) is 21.6. The molecule has 2 aromatic heterocycles. The molecule has 0 bridgehead atoms. The number of para-hydroxylation sites is 1. The number of carbonyl (C=O) groups excluding carboxylic acids is 1. The van der Waals surface area contributed by atoms with Crippen molar-refractivity contribution < 1.29 is 14.3 Å². The average Bonchev–Trinajstić information content (AvgIpc) is 3.33. The van der Waals surface area contributed by atoms with Crippen LogP contribution in [0.15, 0.2) is 41.8 Å². The molecule has 4 rings (SSSR count). The van der Waals surface area contributed by atoms with Crippen molar-refractivity contribution in [3.05, 3.63) is 52.5 Å². The van der Waals surface area contributed by atoms with Gasteiger partial charge in [0.2, 0.25) is 0 Å². The Hall–Kier alpha value is -2.97. The lowest BCUT2D eigenvalue weighted by molar-refractivity contribution is 0.102. The molecule has 0 radical (unpaired) electrons. The Morgan fingerprint density at radius 1 is 1.11 bits per heavy atom. The van der Waals surface area contributed by atoms with Crippen LogP contribution in [0.4, 0.5) is 5.69 Å². The van der Waals surface area contributed by atoms with Crippen LogP contribution in [0.2, 0.25) is 0 Å². The highest BCUT2D eigenvalue weighted by Gasteiger charge is 2.17. The van der Waals surface area contributed by atoms with E-state index in [1.54, 1.807) is 30.9 Å². The minimum atomic E-state index is -0.259. The molecule has 2 aromatic carbocycles. The third-order valence-corrected chi connectivity index (χ3v) is 5.93. The van der Waals surface area contributed by atoms with Crippen LogP contribution in [0.5, 0.6) is 11.5 Å². The van der Waals surface area contributed by atoms with Crippen LogP contribution in [-0.2, 0) is 0 Å². The van der Waals surface area contributed by atoms with Crippen molar-refractivity contribution in [1.82, 2.24) is 9.97 Å². The van der Waals surface area contributed by atoms with Gasteiger partial charge in [-0.05, 0) is 37.3 Å². The molecular weight excluding hydrogens is 394 g/mol. The highest BCUT2D eigenvalue weighted by molar-refractivity contribution is 7.18. The lowest BCUT2D eigenvalue weighted by atomic mass is 10.2. The van der Waals surface area contributed by atoms with Gasteiger partial charge in [0.15, 0.2) is 11.5 Å². The fourth-order valence-electron chi connectivity index (χ4n) is 2.87. The van der Waals surface area contributed by atoms with Crippen LogP contribution in [0.3, 0.4) is 0 Å². The van der Waals surface area contributed by atoms with Gasteiger partial charge in [-0.2, -0.15) is 0 Å². The number of amides is 1. The summed E-state index contributed by atoms with van der Waals surface area (Å²) in [7, 11) is 3.17. The molecule has 0 aliphatic rings. The minimum absolute atomic E-state index is 0.259. The second-order valence-corrected chi connectivity index (χ2v) is 8.04. The monoisotopic (exact) mass is 411 g/mol. The second-order valence-electron chi connectivity index (χ2n) is 5.95. The first kappa shape index (κ1) is 18.4. The molecule has 0 aliphatic heterocycles. The van der Waals surface area contributed by atoms with E-state index in [9.17, 15) is 4.79 Å². The van der Waals surface area contributed by atoms with Crippen molar-refractivity contribution in [1.29, 1.82) is 0 Å². The van der Waals surface area contributed by atoms with Crippen molar-refractivity contribution in [3.63, 3.8) is 0 Å². The zero-order valence-corrected chi connectivity index (χ0v) is 17.1. The molecule has 0 fully saturated rings. The highest BCUT2D eigenvalue weighted by Crippen LogP contribution is 2.39. The zero-order chi connectivity index (χ0) is 19.7. The molecule has 0 atom stereocenters. The Morgan fingerprint density at radius 2 is 1.96 bits per heavy atom. The SMILES string of the molecule is COc1cccc(-c2nc(C(=O)Nc3ccc4nc(C)sc4c3)cs2)c1OC. The molecule has 28 heavy (non-hydrogen) atoms. The van der Waals surface area contributed by atoms with Gasteiger partial charge >= 0.3 is 0 Å². The first-order valence-electron chi connectivity index (χ1n) is 8.44. The number of carbonyl (C=O) groups is 1. The number of aromatic nitrogens is 2. The molecule has 1 amide bonds. The van der Waals surface area contributed by atoms with Crippen LogP contribution in [-0.4, -0.2) is 30.1 Å². The number of hydrogen-bond acceptors (Lipinski definition) is 7. The van der Waals surface area contributed by atoms with E-state index in [2.05, 4.69) is 15.3 Å². The molecule has 0 spiro atoms. The van der Waals surface area contributed by atoms with Crippen molar-refractivity contribution in [2.45, 2.75) is 6.92 Å². The number of benzene rings is 2. The van der Waals surface area contributed by atoms with E-state index in [1.165, 1.54) is 11.3 Å². The molecular formula is C20H17N3O3S2. The van der Waals surface area contributed by atoms with Crippen LogP contribution in [0.1, 0.15) is 15.5 Å². The standard InChI is InChI=1S/C20H17N3O3S2/c1-11-21-14-8-7-12(9-17(14)28-11)22-19(24)15-10-27-20(23-15)13-5-4-6-16(25-2)18(13)26-3/h4-10H,1-3H3,(H,22,24). The van der Waals surface area contributed by atoms with Crippen molar-refractivity contribution in [2.24, 2.45) is 0 Å². The topological polar surface area (TPSA) is 73.3 Å². The number of fused-ring (bicyclic) bond motifs is 1. The van der Waals surface area contributed by atoms with Gasteiger partial charge in [-0.25, -0.2) is 9.97 Å². The molecule has 4 aromatic rings. The average molecular weight is 412 g/mol. The van der Waals surface area contributed by atoms with E-state index >= 15 is 0 Å². The summed E-state index contributed by atoms with van der Waals surface area (Å²) in [5, 5.41) is 6.32. The Morgan fingerprint density at radius 3 is 2.75 bits per heavy atom. The smallest absolute Gasteiger partial charge is 0.275 e. The van der Waals surface area contributed by atoms with Crippen molar-refractivity contribution >= 4 is 44.5 Å². The van der Waals surface area contributed by atoms with Crippen LogP contribution >= 0.6 is 22.7 Å². The first-order chi connectivity index (χ1) is 13.6. The van der Waals surface area contributed by atoms with E-state index in [4.69, 9.17) is 9.47 Å². The number of rotatable bonds is 5. The van der Waals surface area contributed by atoms with Gasteiger partial charge in [0.05, 0.1) is 35.0 Å². The normalized spacial score (nSPS) is 10.8. The largest absolute Gasteiger partial charge is 0.493 e. The number of methoxy groups -OCH3 is 2. The lowest BCUT2D eigenvalue weighted by Crippen LogP contribution is -2.12. The number of anilines is 1. The summed E-state index contributed by atoms with van der Waals surface area (Å²) in [6.07, 6.45) is 0. The maximum absolute atomic E-state index is 12.6. The Kier molecular flexibility index (Phi) is 4.97. The van der Waals surface area contributed by atoms with Crippen molar-refractivity contribution in [3.8, 4) is 22.1 Å². The predicted octanol–water partition coefficient (Wildman–Crippen LogP) is 5.00. The van der Waals surface area contributed by atoms with E-state index in [0.29, 0.717) is 22.2 Å². The van der Waals surface area contributed by atoms with Crippen LogP contribution in [0.25, 0.3) is 20.8 Å². The highest BCUT2D eigenvalue weighted by atomic mass is 32.1. The minimum Gasteiger partial charge on any atom is -0.493 e. The van der Waals surface area contributed by atoms with Crippen LogP contribution < -0.4 is 14.8 Å². The number of ether oxygens (including phenoxy) is 2. The number of nitrogens with zero attached hydrogens (tertiary/aromatic N) is 2. The van der Waals surface area contributed by atoms with Gasteiger partial charge in [0.1, 0.15) is 10.7 Å². The molecule has 2 heterocycles. The molecule has 6 nitrogen and oxygen atoms in total. The van der Waals surface area contributed by atoms with Gasteiger partial charge < -0.3 is 14.8 Å². The fourth-order valence-corrected chi connectivity index (χ4v) is 4.56. The fraction of sp³-hybridized carbons (Fsp3) is 0.150. The zero-order valence-electron chi connectivity index (χ0n) is 15.5. The summed E-state index contributed by atoms with van der Waals surface area (Å²) in [6.45, 7) is 1.96. The van der Waals surface area contributed by atoms with E-state index < -0.39 is 0 Å². The van der Waals surface area contributed by atoms with Gasteiger partial charge in [0, 0.05) is 11.1 Å². The maximum Gasteiger partial charge on any atom is 0.275 e. The number of nitrogens with one attached hydrogen (secondary N) is 1. The maximum atomic E-state index is 12.6. The summed E-state index contributed by atoms with van der Waals surface area (Å²) in [5.41, 5.74) is 2.79. The summed E-state index contributed by atoms with van der Waals surface area (Å²) >= 11 is 2.98. The number of aryl methyl sites for hydroxylation is 1. The van der Waals surface area contributed by atoms with E-state index in [0.717, 1.165) is 26.5 Å². The number of thiazole rings is 2. The van der Waals surface area contributed by atoms with Crippen LogP contribution in [0, 0.1) is 6.92 Å². The molecule has 142 valence electrons. The Labute approximate surface area is 169 Å².